The summed E-state index contributed by atoms with van der Waals surface area (Å²) in [6, 6.07) is 0.339. The predicted octanol–water partition coefficient (Wildman–Crippen LogP) is -0.829. The summed E-state index contributed by atoms with van der Waals surface area (Å²) in [5.74, 6) is -0.316. The Morgan fingerprint density at radius 1 is 1.73 bits per heavy atom. The summed E-state index contributed by atoms with van der Waals surface area (Å²) in [7, 11) is 1.76. The van der Waals surface area contributed by atoms with Crippen LogP contribution in [0.15, 0.2) is 0 Å². The highest BCUT2D eigenvalue weighted by Crippen LogP contribution is 2.12. The van der Waals surface area contributed by atoms with E-state index in [1.165, 1.54) is 0 Å². The lowest BCUT2D eigenvalue weighted by Gasteiger charge is -2.38. The zero-order chi connectivity index (χ0) is 11.5. The van der Waals surface area contributed by atoms with Crippen molar-refractivity contribution in [2.24, 2.45) is 5.73 Å². The van der Waals surface area contributed by atoms with E-state index in [0.29, 0.717) is 12.6 Å². The average Bonchev–Trinajstić information content (AvgIpc) is 2.21. The minimum atomic E-state index is -0.661. The lowest BCUT2D eigenvalue weighted by Crippen LogP contribution is -2.61. The monoisotopic (exact) mass is 215 g/mol. The van der Waals surface area contributed by atoms with E-state index in [-0.39, 0.29) is 5.91 Å². The van der Waals surface area contributed by atoms with E-state index in [4.69, 9.17) is 10.5 Å². The lowest BCUT2D eigenvalue weighted by molar-refractivity contribution is -0.125. The van der Waals surface area contributed by atoms with Gasteiger partial charge in [0.25, 0.3) is 0 Å². The molecule has 0 spiro atoms. The molecule has 5 nitrogen and oxygen atoms in total. The molecule has 1 aliphatic heterocycles. The molecule has 2 atom stereocenters. The van der Waals surface area contributed by atoms with E-state index in [9.17, 15) is 4.79 Å². The number of carbonyl (C=O) groups excluding carboxylic acids is 1. The lowest BCUT2D eigenvalue weighted by atomic mass is 10.00. The first-order valence-electron chi connectivity index (χ1n) is 5.30. The van der Waals surface area contributed by atoms with E-state index in [1.807, 2.05) is 6.92 Å². The Balaban J connectivity index is 2.61. The van der Waals surface area contributed by atoms with Gasteiger partial charge in [0.05, 0.1) is 13.2 Å². The number of hydrogen-bond donors (Lipinski definition) is 2. The molecule has 2 unspecified atom stereocenters. The third kappa shape index (κ3) is 2.90. The number of rotatable bonds is 4. The van der Waals surface area contributed by atoms with Crippen LogP contribution in [0.1, 0.15) is 13.8 Å². The molecule has 15 heavy (non-hydrogen) atoms. The SMILES string of the molecule is CNC(C)(CN1CCOCC1C)C(N)=O. The molecule has 1 saturated heterocycles. The molecular formula is C10H21N3O2. The first kappa shape index (κ1) is 12.4. The molecule has 0 saturated carbocycles. The van der Waals surface area contributed by atoms with Crippen LogP contribution < -0.4 is 11.1 Å². The predicted molar refractivity (Wildman–Crippen MR) is 58.5 cm³/mol. The van der Waals surface area contributed by atoms with Crippen LogP contribution in [0.25, 0.3) is 0 Å². The molecule has 0 aliphatic carbocycles. The Hall–Kier alpha value is -0.650. The molecule has 0 aromatic heterocycles. The topological polar surface area (TPSA) is 67.6 Å². The van der Waals surface area contributed by atoms with Crippen LogP contribution in [0.3, 0.4) is 0 Å². The zero-order valence-electron chi connectivity index (χ0n) is 9.75. The van der Waals surface area contributed by atoms with Gasteiger partial charge >= 0.3 is 0 Å². The van der Waals surface area contributed by atoms with Gasteiger partial charge in [-0.05, 0) is 20.9 Å². The summed E-state index contributed by atoms with van der Waals surface area (Å²) in [5.41, 5.74) is 4.72. The maximum Gasteiger partial charge on any atom is 0.238 e. The molecule has 0 bridgehead atoms. The van der Waals surface area contributed by atoms with E-state index in [1.54, 1.807) is 7.05 Å². The van der Waals surface area contributed by atoms with Crippen LogP contribution in [0, 0.1) is 0 Å². The number of morpholine rings is 1. The molecule has 1 fully saturated rings. The summed E-state index contributed by atoms with van der Waals surface area (Å²) < 4.78 is 5.34. The van der Waals surface area contributed by atoms with Gasteiger partial charge in [0.2, 0.25) is 5.91 Å². The summed E-state index contributed by atoms with van der Waals surface area (Å²) in [6.07, 6.45) is 0. The quantitative estimate of drug-likeness (QED) is 0.642. The summed E-state index contributed by atoms with van der Waals surface area (Å²) >= 11 is 0. The first-order chi connectivity index (χ1) is 6.99. The standard InChI is InChI=1S/C10H21N3O2/c1-8-6-15-5-4-13(8)7-10(2,12-3)9(11)14/h8,12H,4-7H2,1-3H3,(H2,11,14). The van der Waals surface area contributed by atoms with Gasteiger partial charge < -0.3 is 15.8 Å². The molecule has 0 aromatic carbocycles. The largest absolute Gasteiger partial charge is 0.379 e. The minimum Gasteiger partial charge on any atom is -0.379 e. The molecule has 1 amide bonds. The van der Waals surface area contributed by atoms with Crippen molar-refractivity contribution in [3.8, 4) is 0 Å². The number of nitrogens with zero attached hydrogens (tertiary/aromatic N) is 1. The number of primary amides is 1. The van der Waals surface area contributed by atoms with Gasteiger partial charge in [0.15, 0.2) is 0 Å². The van der Waals surface area contributed by atoms with Gasteiger partial charge in [-0.3, -0.25) is 9.69 Å². The van der Waals surface area contributed by atoms with Crippen molar-refractivity contribution in [3.63, 3.8) is 0 Å². The second kappa shape index (κ2) is 4.92. The van der Waals surface area contributed by atoms with Crippen molar-refractivity contribution in [2.45, 2.75) is 25.4 Å². The van der Waals surface area contributed by atoms with Crippen LogP contribution in [-0.4, -0.2) is 55.7 Å². The van der Waals surface area contributed by atoms with Crippen molar-refractivity contribution >= 4 is 5.91 Å². The van der Waals surface area contributed by atoms with Crippen molar-refractivity contribution in [3.05, 3.63) is 0 Å². The van der Waals surface area contributed by atoms with Crippen molar-refractivity contribution in [1.29, 1.82) is 0 Å². The van der Waals surface area contributed by atoms with E-state index in [0.717, 1.165) is 19.8 Å². The normalized spacial score (nSPS) is 27.3. The fourth-order valence-electron chi connectivity index (χ4n) is 1.68. The smallest absolute Gasteiger partial charge is 0.238 e. The molecule has 0 radical (unpaired) electrons. The number of hydrogen-bond acceptors (Lipinski definition) is 4. The number of amides is 1. The van der Waals surface area contributed by atoms with Gasteiger partial charge in [0, 0.05) is 19.1 Å². The van der Waals surface area contributed by atoms with Gasteiger partial charge in [-0.25, -0.2) is 0 Å². The fourth-order valence-corrected chi connectivity index (χ4v) is 1.68. The van der Waals surface area contributed by atoms with Crippen molar-refractivity contribution in [1.82, 2.24) is 10.2 Å². The number of ether oxygens (including phenoxy) is 1. The van der Waals surface area contributed by atoms with Crippen molar-refractivity contribution in [2.75, 3.05) is 33.4 Å². The van der Waals surface area contributed by atoms with Crippen LogP contribution in [-0.2, 0) is 9.53 Å². The van der Waals surface area contributed by atoms with Gasteiger partial charge in [-0.1, -0.05) is 0 Å². The number of nitrogens with two attached hydrogens (primary N) is 1. The summed E-state index contributed by atoms with van der Waals surface area (Å²) in [4.78, 5) is 13.6. The summed E-state index contributed by atoms with van der Waals surface area (Å²) in [5, 5.41) is 2.99. The summed E-state index contributed by atoms with van der Waals surface area (Å²) in [6.45, 7) is 6.85. The minimum absolute atomic E-state index is 0.316. The van der Waals surface area contributed by atoms with Crippen LogP contribution >= 0.6 is 0 Å². The van der Waals surface area contributed by atoms with Gasteiger partial charge in [0.1, 0.15) is 5.54 Å². The van der Waals surface area contributed by atoms with Crippen LogP contribution in [0.2, 0.25) is 0 Å². The Morgan fingerprint density at radius 3 is 2.87 bits per heavy atom. The third-order valence-electron chi connectivity index (χ3n) is 3.12. The fraction of sp³-hybridized carbons (Fsp3) is 0.900. The molecule has 1 rings (SSSR count). The third-order valence-corrected chi connectivity index (χ3v) is 3.12. The first-order valence-corrected chi connectivity index (χ1v) is 5.30. The Labute approximate surface area is 90.9 Å². The Morgan fingerprint density at radius 2 is 2.40 bits per heavy atom. The second-order valence-corrected chi connectivity index (χ2v) is 4.34. The number of nitrogens with one attached hydrogen (secondary N) is 1. The van der Waals surface area contributed by atoms with Crippen LogP contribution in [0.4, 0.5) is 0 Å². The van der Waals surface area contributed by atoms with Crippen LogP contribution in [0.5, 0.6) is 0 Å². The molecular weight excluding hydrogens is 194 g/mol. The highest BCUT2D eigenvalue weighted by atomic mass is 16.5. The molecule has 5 heteroatoms. The highest BCUT2D eigenvalue weighted by Gasteiger charge is 2.33. The van der Waals surface area contributed by atoms with E-state index >= 15 is 0 Å². The van der Waals surface area contributed by atoms with E-state index in [2.05, 4.69) is 17.1 Å². The van der Waals surface area contributed by atoms with Gasteiger partial charge in [-0.15, -0.1) is 0 Å². The maximum absolute atomic E-state index is 11.3. The Kier molecular flexibility index (Phi) is 4.07. The molecule has 1 aliphatic rings. The van der Waals surface area contributed by atoms with Crippen molar-refractivity contribution < 1.29 is 9.53 Å². The second-order valence-electron chi connectivity index (χ2n) is 4.34. The molecule has 1 heterocycles. The van der Waals surface area contributed by atoms with Gasteiger partial charge in [-0.2, -0.15) is 0 Å². The molecule has 0 aromatic rings. The highest BCUT2D eigenvalue weighted by molar-refractivity contribution is 5.84. The molecule has 88 valence electrons. The number of carbonyl (C=O) groups is 1. The number of likely N-dealkylation sites (N-methyl/N-ethyl adjacent to an activating group) is 1. The Bertz CT molecular complexity index is 235. The zero-order valence-corrected chi connectivity index (χ0v) is 9.75. The van der Waals surface area contributed by atoms with E-state index < -0.39 is 5.54 Å². The molecule has 3 N–H and O–H groups in total. The average molecular weight is 215 g/mol. The maximum atomic E-state index is 11.3.